The van der Waals surface area contributed by atoms with Crippen molar-refractivity contribution in [1.29, 1.82) is 0 Å². The molecule has 0 aliphatic carbocycles. The molecule has 18 heavy (non-hydrogen) atoms. The number of carboxylic acid groups (broad SMARTS) is 1. The maximum Gasteiger partial charge on any atom is 0.335 e. The van der Waals surface area contributed by atoms with E-state index < -0.39 is 5.97 Å². The zero-order valence-corrected chi connectivity index (χ0v) is 10.6. The van der Waals surface area contributed by atoms with Crippen molar-refractivity contribution in [2.24, 2.45) is 0 Å². The molecule has 1 atom stereocenters. The van der Waals surface area contributed by atoms with E-state index in [2.05, 4.69) is 10.3 Å². The lowest BCUT2D eigenvalue weighted by Gasteiger charge is -2.20. The normalized spacial score (nSPS) is 19.2. The minimum atomic E-state index is -1.03. The molecule has 0 radical (unpaired) electrons. The van der Waals surface area contributed by atoms with E-state index in [0.717, 1.165) is 25.0 Å². The van der Waals surface area contributed by atoms with Crippen LogP contribution in [0.1, 0.15) is 29.6 Å². The second-order valence-corrected chi connectivity index (χ2v) is 5.39. The number of carboxylic acids is 1. The number of carbonyl (C=O) groups excluding carboxylic acids is 1. The molecule has 1 aliphatic heterocycles. The third-order valence-corrected chi connectivity index (χ3v) is 4.11. The molecule has 0 bridgehead atoms. The number of amides is 1. The topological polar surface area (TPSA) is 79.3 Å². The number of hydrogen-bond acceptors (Lipinski definition) is 4. The van der Waals surface area contributed by atoms with Gasteiger partial charge in [0.05, 0.1) is 10.8 Å². The van der Waals surface area contributed by atoms with Crippen LogP contribution < -0.4 is 5.32 Å². The van der Waals surface area contributed by atoms with Crippen molar-refractivity contribution in [2.45, 2.75) is 24.5 Å². The van der Waals surface area contributed by atoms with Crippen LogP contribution in [0.15, 0.2) is 18.3 Å². The van der Waals surface area contributed by atoms with Crippen molar-refractivity contribution in [3.63, 3.8) is 0 Å². The summed E-state index contributed by atoms with van der Waals surface area (Å²) in [5.41, 5.74) is 0.122. The summed E-state index contributed by atoms with van der Waals surface area (Å²) < 4.78 is 0. The van der Waals surface area contributed by atoms with E-state index in [4.69, 9.17) is 5.11 Å². The zero-order chi connectivity index (χ0) is 13.0. The van der Waals surface area contributed by atoms with Crippen molar-refractivity contribution in [3.05, 3.63) is 23.9 Å². The fourth-order valence-electron chi connectivity index (χ4n) is 1.79. The third-order valence-electron chi connectivity index (χ3n) is 2.73. The van der Waals surface area contributed by atoms with E-state index in [1.54, 1.807) is 11.8 Å². The van der Waals surface area contributed by atoms with Gasteiger partial charge in [0, 0.05) is 6.20 Å². The summed E-state index contributed by atoms with van der Waals surface area (Å²) in [6.07, 6.45) is 4.47. The lowest BCUT2D eigenvalue weighted by Crippen LogP contribution is -2.27. The number of aromatic nitrogens is 1. The smallest absolute Gasteiger partial charge is 0.335 e. The first-order valence-corrected chi connectivity index (χ1v) is 6.83. The molecule has 2 N–H and O–H groups in total. The monoisotopic (exact) mass is 266 g/mol. The van der Waals surface area contributed by atoms with Gasteiger partial charge >= 0.3 is 5.97 Å². The van der Waals surface area contributed by atoms with Gasteiger partial charge < -0.3 is 10.4 Å². The number of carbonyl (C=O) groups is 2. The molecule has 1 aromatic rings. The maximum atomic E-state index is 11.9. The average molecular weight is 266 g/mol. The van der Waals surface area contributed by atoms with E-state index in [-0.39, 0.29) is 16.7 Å². The summed E-state index contributed by atoms with van der Waals surface area (Å²) in [6, 6.07) is 2.76. The highest BCUT2D eigenvalue weighted by Crippen LogP contribution is 2.25. The largest absolute Gasteiger partial charge is 0.478 e. The molecule has 5 nitrogen and oxygen atoms in total. The summed E-state index contributed by atoms with van der Waals surface area (Å²) in [7, 11) is 0. The molecule has 96 valence electrons. The molecule has 2 heterocycles. The van der Waals surface area contributed by atoms with Crippen LogP contribution in [0, 0.1) is 0 Å². The molecule has 1 amide bonds. The van der Waals surface area contributed by atoms with Crippen LogP contribution in [-0.2, 0) is 4.79 Å². The zero-order valence-electron chi connectivity index (χ0n) is 9.76. The second-order valence-electron chi connectivity index (χ2n) is 4.08. The van der Waals surface area contributed by atoms with Gasteiger partial charge in [-0.1, -0.05) is 6.42 Å². The van der Waals surface area contributed by atoms with Crippen LogP contribution in [0.2, 0.25) is 0 Å². The molecule has 1 aliphatic rings. The summed E-state index contributed by atoms with van der Waals surface area (Å²) in [5.74, 6) is 0.182. The van der Waals surface area contributed by atoms with Gasteiger partial charge in [-0.2, -0.15) is 0 Å². The highest BCUT2D eigenvalue weighted by molar-refractivity contribution is 8.00. The Morgan fingerprint density at radius 1 is 1.44 bits per heavy atom. The van der Waals surface area contributed by atoms with Crippen LogP contribution in [0.4, 0.5) is 5.82 Å². The minimum absolute atomic E-state index is 0.0472. The van der Waals surface area contributed by atoms with Gasteiger partial charge in [-0.3, -0.25) is 4.79 Å². The Hall–Kier alpha value is -1.56. The number of pyridine rings is 1. The summed E-state index contributed by atoms with van der Waals surface area (Å²) in [6.45, 7) is 0. The van der Waals surface area contributed by atoms with Crippen molar-refractivity contribution in [2.75, 3.05) is 11.1 Å². The van der Waals surface area contributed by atoms with Gasteiger partial charge in [0.15, 0.2) is 0 Å². The lowest BCUT2D eigenvalue weighted by molar-refractivity contribution is -0.115. The number of thioether (sulfide) groups is 1. The first-order chi connectivity index (χ1) is 8.66. The van der Waals surface area contributed by atoms with Crippen molar-refractivity contribution < 1.29 is 14.7 Å². The molecule has 1 unspecified atom stereocenters. The average Bonchev–Trinajstić information content (AvgIpc) is 2.40. The van der Waals surface area contributed by atoms with Gasteiger partial charge in [0.1, 0.15) is 5.82 Å². The third kappa shape index (κ3) is 3.22. The lowest BCUT2D eigenvalue weighted by atomic mass is 10.2. The Morgan fingerprint density at radius 3 is 2.94 bits per heavy atom. The number of nitrogens with zero attached hydrogens (tertiary/aromatic N) is 1. The highest BCUT2D eigenvalue weighted by Gasteiger charge is 2.22. The van der Waals surface area contributed by atoms with Crippen LogP contribution in [0.5, 0.6) is 0 Å². The molecule has 1 saturated heterocycles. The number of anilines is 1. The summed E-state index contributed by atoms with van der Waals surface area (Å²) >= 11 is 1.64. The first kappa shape index (κ1) is 12.9. The van der Waals surface area contributed by atoms with Gasteiger partial charge in [0.25, 0.3) is 0 Å². The number of nitrogens with one attached hydrogen (secondary N) is 1. The van der Waals surface area contributed by atoms with Crippen molar-refractivity contribution >= 4 is 29.5 Å². The van der Waals surface area contributed by atoms with Crippen molar-refractivity contribution in [3.8, 4) is 0 Å². The number of rotatable bonds is 3. The molecule has 0 spiro atoms. The Labute approximate surface area is 109 Å². The van der Waals surface area contributed by atoms with E-state index in [1.165, 1.54) is 18.3 Å². The van der Waals surface area contributed by atoms with E-state index >= 15 is 0 Å². The van der Waals surface area contributed by atoms with Gasteiger partial charge in [0.2, 0.25) is 5.91 Å². The Kier molecular flexibility index (Phi) is 4.19. The van der Waals surface area contributed by atoms with E-state index in [1.807, 2.05) is 0 Å². The SMILES string of the molecule is O=C(O)c1ccnc(NC(=O)C2CCCCS2)c1. The summed E-state index contributed by atoms with van der Waals surface area (Å²) in [5, 5.41) is 11.5. The summed E-state index contributed by atoms with van der Waals surface area (Å²) in [4.78, 5) is 26.7. The minimum Gasteiger partial charge on any atom is -0.478 e. The van der Waals surface area contributed by atoms with Crippen LogP contribution in [-0.4, -0.2) is 33.0 Å². The van der Waals surface area contributed by atoms with Crippen LogP contribution in [0.3, 0.4) is 0 Å². The van der Waals surface area contributed by atoms with Gasteiger partial charge in [-0.05, 0) is 30.7 Å². The predicted octanol–water partition coefficient (Wildman–Crippen LogP) is 2.00. The Morgan fingerprint density at radius 2 is 2.28 bits per heavy atom. The van der Waals surface area contributed by atoms with Crippen LogP contribution >= 0.6 is 11.8 Å². The second kappa shape index (κ2) is 5.86. The maximum absolute atomic E-state index is 11.9. The van der Waals surface area contributed by atoms with E-state index in [9.17, 15) is 9.59 Å². The number of aromatic carboxylic acids is 1. The van der Waals surface area contributed by atoms with E-state index in [0.29, 0.717) is 5.82 Å². The van der Waals surface area contributed by atoms with Gasteiger partial charge in [-0.15, -0.1) is 11.8 Å². The standard InChI is InChI=1S/C12H14N2O3S/c15-11(9-3-1-2-6-18-9)14-10-7-8(12(16)17)4-5-13-10/h4-5,7,9H,1-3,6H2,(H,16,17)(H,13,14,15). The molecular weight excluding hydrogens is 252 g/mol. The van der Waals surface area contributed by atoms with Gasteiger partial charge in [-0.25, -0.2) is 9.78 Å². The molecule has 0 saturated carbocycles. The molecule has 6 heteroatoms. The van der Waals surface area contributed by atoms with Crippen molar-refractivity contribution in [1.82, 2.24) is 4.98 Å². The Balaban J connectivity index is 2.02. The predicted molar refractivity (Wildman–Crippen MR) is 69.9 cm³/mol. The highest BCUT2D eigenvalue weighted by atomic mass is 32.2. The van der Waals surface area contributed by atoms with Crippen LogP contribution in [0.25, 0.3) is 0 Å². The molecular formula is C12H14N2O3S. The molecule has 1 fully saturated rings. The Bertz CT molecular complexity index is 458. The fraction of sp³-hybridized carbons (Fsp3) is 0.417. The number of hydrogen-bond donors (Lipinski definition) is 2. The fourth-order valence-corrected chi connectivity index (χ4v) is 2.99. The quantitative estimate of drug-likeness (QED) is 0.874. The molecule has 1 aromatic heterocycles. The first-order valence-electron chi connectivity index (χ1n) is 5.78. The molecule has 2 rings (SSSR count). The molecule has 0 aromatic carbocycles.